The van der Waals surface area contributed by atoms with Gasteiger partial charge in [0.2, 0.25) is 5.82 Å². The molecule has 4 rings (SSSR count). The minimum atomic E-state index is -0.0815. The average Bonchev–Trinajstić information content (AvgIpc) is 2.98. The number of hydrogen-bond donors (Lipinski definition) is 0. The van der Waals surface area contributed by atoms with Crippen LogP contribution in [0.25, 0.3) is 0 Å². The Morgan fingerprint density at radius 1 is 1.23 bits per heavy atom. The van der Waals surface area contributed by atoms with Gasteiger partial charge >= 0.3 is 0 Å². The van der Waals surface area contributed by atoms with Crippen LogP contribution in [0.5, 0.6) is 0 Å². The molecule has 2 fully saturated rings. The lowest BCUT2D eigenvalue weighted by Crippen LogP contribution is -2.68. The van der Waals surface area contributed by atoms with Crippen molar-refractivity contribution in [1.82, 2.24) is 24.8 Å². The van der Waals surface area contributed by atoms with Gasteiger partial charge in [-0.1, -0.05) is 0 Å². The summed E-state index contributed by atoms with van der Waals surface area (Å²) in [5.74, 6) is 0.689. The fourth-order valence-electron chi connectivity index (χ4n) is 4.00. The molecule has 0 N–H and O–H groups in total. The lowest BCUT2D eigenvalue weighted by atomic mass is 9.84. The Morgan fingerprint density at radius 2 is 1.96 bits per heavy atom. The van der Waals surface area contributed by atoms with Crippen molar-refractivity contribution in [3.63, 3.8) is 0 Å². The number of likely N-dealkylation sites (tertiary alicyclic amines) is 2. The van der Waals surface area contributed by atoms with Gasteiger partial charge in [0.1, 0.15) is 0 Å². The summed E-state index contributed by atoms with van der Waals surface area (Å²) in [4.78, 5) is 28.8. The molecule has 2 aliphatic heterocycles. The average molecular weight is 353 g/mol. The molecule has 7 heteroatoms. The highest BCUT2D eigenvalue weighted by Gasteiger charge is 2.53. The lowest BCUT2D eigenvalue weighted by molar-refractivity contribution is -0.00880. The molecular formula is C19H23N5O2. The molecule has 2 saturated heterocycles. The SMILES string of the molecule is CN1C[C@@H](COCc2ccncc2)CC12CN(C(=O)c1ncccn1)C2. The molecule has 136 valence electrons. The van der Waals surface area contributed by atoms with E-state index in [0.29, 0.717) is 12.5 Å². The Morgan fingerprint density at radius 3 is 2.69 bits per heavy atom. The molecule has 4 heterocycles. The smallest absolute Gasteiger partial charge is 0.291 e. The van der Waals surface area contributed by atoms with Gasteiger partial charge in [-0.2, -0.15) is 0 Å². The third kappa shape index (κ3) is 3.32. The first kappa shape index (κ1) is 17.1. The molecule has 0 saturated carbocycles. The van der Waals surface area contributed by atoms with Crippen molar-refractivity contribution in [2.24, 2.45) is 5.92 Å². The summed E-state index contributed by atoms with van der Waals surface area (Å²) in [6.07, 6.45) is 7.83. The third-order valence-electron chi connectivity index (χ3n) is 5.40. The van der Waals surface area contributed by atoms with Crippen molar-refractivity contribution >= 4 is 5.91 Å². The second kappa shape index (κ2) is 7.09. The van der Waals surface area contributed by atoms with Crippen LogP contribution in [0.15, 0.2) is 43.0 Å². The van der Waals surface area contributed by atoms with E-state index in [1.165, 1.54) is 0 Å². The zero-order chi connectivity index (χ0) is 18.0. The Hall–Kier alpha value is -2.38. The van der Waals surface area contributed by atoms with Crippen molar-refractivity contribution < 1.29 is 9.53 Å². The molecule has 0 aromatic carbocycles. The monoisotopic (exact) mass is 353 g/mol. The fourth-order valence-corrected chi connectivity index (χ4v) is 4.00. The summed E-state index contributed by atoms with van der Waals surface area (Å²) >= 11 is 0. The van der Waals surface area contributed by atoms with Gasteiger partial charge in [-0.3, -0.25) is 14.7 Å². The summed E-state index contributed by atoms with van der Waals surface area (Å²) in [6.45, 7) is 3.83. The standard InChI is InChI=1S/C19H23N5O2/c1-23-10-16(12-26-11-15-3-7-20-8-4-15)9-19(23)13-24(14-19)18(25)17-21-5-2-6-22-17/h2-8,16H,9-14H2,1H3/t16-/m0/s1. The Labute approximate surface area is 153 Å². The van der Waals surface area contributed by atoms with E-state index in [4.69, 9.17) is 4.74 Å². The maximum absolute atomic E-state index is 12.4. The van der Waals surface area contributed by atoms with Gasteiger partial charge in [-0.05, 0) is 43.1 Å². The largest absolute Gasteiger partial charge is 0.376 e. The summed E-state index contributed by atoms with van der Waals surface area (Å²) < 4.78 is 5.90. The summed E-state index contributed by atoms with van der Waals surface area (Å²) in [6, 6.07) is 5.67. The first-order valence-corrected chi connectivity index (χ1v) is 8.90. The van der Waals surface area contributed by atoms with Crippen molar-refractivity contribution in [2.75, 3.05) is 33.3 Å². The molecule has 0 aliphatic carbocycles. The highest BCUT2D eigenvalue weighted by molar-refractivity contribution is 5.91. The minimum Gasteiger partial charge on any atom is -0.376 e. The van der Waals surface area contributed by atoms with Crippen molar-refractivity contribution in [2.45, 2.75) is 18.6 Å². The molecule has 2 aromatic rings. The zero-order valence-corrected chi connectivity index (χ0v) is 14.9. The lowest BCUT2D eigenvalue weighted by Gasteiger charge is -2.51. The van der Waals surface area contributed by atoms with Gasteiger partial charge in [-0.25, -0.2) is 9.97 Å². The number of likely N-dealkylation sites (N-methyl/N-ethyl adjacent to an activating group) is 1. The number of amides is 1. The van der Waals surface area contributed by atoms with Gasteiger partial charge in [0.05, 0.1) is 18.8 Å². The highest BCUT2D eigenvalue weighted by Crippen LogP contribution is 2.39. The first-order valence-electron chi connectivity index (χ1n) is 8.90. The predicted octanol–water partition coefficient (Wildman–Crippen LogP) is 1.23. The third-order valence-corrected chi connectivity index (χ3v) is 5.40. The topological polar surface area (TPSA) is 71.5 Å². The Kier molecular flexibility index (Phi) is 4.65. The van der Waals surface area contributed by atoms with Gasteiger partial charge in [0.15, 0.2) is 0 Å². The number of rotatable bonds is 5. The number of pyridine rings is 1. The van der Waals surface area contributed by atoms with Gasteiger partial charge in [0.25, 0.3) is 5.91 Å². The highest BCUT2D eigenvalue weighted by atomic mass is 16.5. The zero-order valence-electron chi connectivity index (χ0n) is 14.9. The van der Waals surface area contributed by atoms with Crippen molar-refractivity contribution in [3.05, 3.63) is 54.4 Å². The molecular weight excluding hydrogens is 330 g/mol. The Bertz CT molecular complexity index is 749. The minimum absolute atomic E-state index is 0.0785. The first-order chi connectivity index (χ1) is 12.7. The molecule has 1 atom stereocenters. The second-order valence-corrected chi connectivity index (χ2v) is 7.28. The van der Waals surface area contributed by atoms with E-state index in [0.717, 1.165) is 38.2 Å². The number of nitrogens with zero attached hydrogens (tertiary/aromatic N) is 5. The van der Waals surface area contributed by atoms with Crippen molar-refractivity contribution in [3.8, 4) is 0 Å². The molecule has 1 spiro atoms. The van der Waals surface area contributed by atoms with Crippen molar-refractivity contribution in [1.29, 1.82) is 0 Å². The summed E-state index contributed by atoms with van der Waals surface area (Å²) in [7, 11) is 2.14. The number of carbonyl (C=O) groups is 1. The van der Waals surface area contributed by atoms with Crippen LogP contribution in [0.2, 0.25) is 0 Å². The van der Waals surface area contributed by atoms with Crippen LogP contribution in [0.1, 0.15) is 22.6 Å². The van der Waals surface area contributed by atoms with E-state index in [1.807, 2.05) is 17.0 Å². The molecule has 26 heavy (non-hydrogen) atoms. The van der Waals surface area contributed by atoms with Crippen LogP contribution in [0, 0.1) is 5.92 Å². The normalized spacial score (nSPS) is 21.7. The maximum atomic E-state index is 12.4. The van der Waals surface area contributed by atoms with Crippen LogP contribution >= 0.6 is 0 Å². The van der Waals surface area contributed by atoms with Crippen LogP contribution in [0.4, 0.5) is 0 Å². The molecule has 0 radical (unpaired) electrons. The molecule has 0 bridgehead atoms. The van der Waals surface area contributed by atoms with E-state index in [9.17, 15) is 4.79 Å². The number of carbonyl (C=O) groups excluding carboxylic acids is 1. The van der Waals surface area contributed by atoms with Gasteiger partial charge in [0, 0.05) is 44.4 Å². The number of aromatic nitrogens is 3. The number of hydrogen-bond acceptors (Lipinski definition) is 6. The van der Waals surface area contributed by atoms with E-state index < -0.39 is 0 Å². The van der Waals surface area contributed by atoms with E-state index in [2.05, 4.69) is 26.9 Å². The van der Waals surface area contributed by atoms with Crippen LogP contribution < -0.4 is 0 Å². The van der Waals surface area contributed by atoms with E-state index >= 15 is 0 Å². The van der Waals surface area contributed by atoms with E-state index in [-0.39, 0.29) is 17.3 Å². The quantitative estimate of drug-likeness (QED) is 0.805. The van der Waals surface area contributed by atoms with Crippen LogP contribution in [-0.4, -0.2) is 69.5 Å². The predicted molar refractivity (Wildman–Crippen MR) is 95.3 cm³/mol. The summed E-state index contributed by atoms with van der Waals surface area (Å²) in [5.41, 5.74) is 1.22. The second-order valence-electron chi connectivity index (χ2n) is 7.28. The maximum Gasteiger partial charge on any atom is 0.291 e. The Balaban J connectivity index is 1.27. The van der Waals surface area contributed by atoms with Gasteiger partial charge in [-0.15, -0.1) is 0 Å². The molecule has 0 unspecified atom stereocenters. The molecule has 1 amide bonds. The summed E-state index contributed by atoms with van der Waals surface area (Å²) in [5, 5.41) is 0. The van der Waals surface area contributed by atoms with Crippen LogP contribution in [-0.2, 0) is 11.3 Å². The van der Waals surface area contributed by atoms with Gasteiger partial charge < -0.3 is 9.64 Å². The molecule has 2 aliphatic rings. The van der Waals surface area contributed by atoms with Crippen LogP contribution in [0.3, 0.4) is 0 Å². The van der Waals surface area contributed by atoms with E-state index in [1.54, 1.807) is 30.9 Å². The number of ether oxygens (including phenoxy) is 1. The fraction of sp³-hybridized carbons (Fsp3) is 0.474. The molecule has 2 aromatic heterocycles. The molecule has 7 nitrogen and oxygen atoms in total.